The second-order valence-electron chi connectivity index (χ2n) is 6.38. The third-order valence-electron chi connectivity index (χ3n) is 4.42. The minimum absolute atomic E-state index is 0.0934. The summed E-state index contributed by atoms with van der Waals surface area (Å²) in [7, 11) is -3.92. The zero-order valence-corrected chi connectivity index (χ0v) is 16.1. The minimum Gasteiger partial charge on any atom is -0.312 e. The molecule has 2 aromatic rings. The van der Waals surface area contributed by atoms with Crippen molar-refractivity contribution in [3.63, 3.8) is 0 Å². The number of halogens is 1. The third-order valence-corrected chi connectivity index (χ3v) is 6.45. The summed E-state index contributed by atoms with van der Waals surface area (Å²) in [5.74, 6) is 3.45. The summed E-state index contributed by atoms with van der Waals surface area (Å²) in [6.07, 6.45) is 1.41. The smallest absolute Gasteiger partial charge is 0.264 e. The van der Waals surface area contributed by atoms with Gasteiger partial charge in [0.2, 0.25) is 0 Å². The van der Waals surface area contributed by atoms with Crippen LogP contribution in [0.25, 0.3) is 0 Å². The Bertz CT molecular complexity index is 1100. The summed E-state index contributed by atoms with van der Waals surface area (Å²) >= 11 is 0. The van der Waals surface area contributed by atoms with Crippen LogP contribution in [0.5, 0.6) is 0 Å². The Hall–Kier alpha value is -2.96. The van der Waals surface area contributed by atoms with Gasteiger partial charge in [-0.25, -0.2) is 18.3 Å². The number of sulfone groups is 1. The molecule has 1 heterocycles. The fourth-order valence-electron chi connectivity index (χ4n) is 2.40. The van der Waals surface area contributed by atoms with Crippen molar-refractivity contribution in [1.29, 1.82) is 0 Å². The van der Waals surface area contributed by atoms with Crippen LogP contribution in [0.4, 0.5) is 4.39 Å². The van der Waals surface area contributed by atoms with E-state index in [4.69, 9.17) is 5.21 Å². The zero-order valence-electron chi connectivity index (χ0n) is 15.3. The molecule has 0 saturated heterocycles. The monoisotopic (exact) mass is 406 g/mol. The predicted molar refractivity (Wildman–Crippen MR) is 101 cm³/mol. The maximum Gasteiger partial charge on any atom is 0.264 e. The number of benzene rings is 1. The van der Waals surface area contributed by atoms with Gasteiger partial charge in [0.25, 0.3) is 11.5 Å². The molecule has 0 bridgehead atoms. The number of aromatic nitrogens is 1. The van der Waals surface area contributed by atoms with Crippen molar-refractivity contribution in [1.82, 2.24) is 10.0 Å². The van der Waals surface area contributed by atoms with Crippen LogP contribution in [0.3, 0.4) is 0 Å². The van der Waals surface area contributed by atoms with Crippen LogP contribution in [-0.2, 0) is 21.2 Å². The Kier molecular flexibility index (Phi) is 6.38. The number of nitrogens with zero attached hydrogens (tertiary/aromatic N) is 1. The van der Waals surface area contributed by atoms with Crippen LogP contribution in [0.15, 0.2) is 47.4 Å². The van der Waals surface area contributed by atoms with Gasteiger partial charge in [-0.05, 0) is 25.5 Å². The molecule has 9 heteroatoms. The Balaban J connectivity index is 2.29. The minimum atomic E-state index is -3.92. The first-order chi connectivity index (χ1) is 13.1. The van der Waals surface area contributed by atoms with Gasteiger partial charge >= 0.3 is 0 Å². The van der Waals surface area contributed by atoms with Crippen LogP contribution < -0.4 is 11.0 Å². The first-order valence-electron chi connectivity index (χ1n) is 8.19. The highest BCUT2D eigenvalue weighted by molar-refractivity contribution is 7.92. The molecule has 0 unspecified atom stereocenters. The van der Waals surface area contributed by atoms with Gasteiger partial charge in [0, 0.05) is 30.6 Å². The van der Waals surface area contributed by atoms with Gasteiger partial charge in [0.1, 0.15) is 0 Å². The van der Waals surface area contributed by atoms with Gasteiger partial charge < -0.3 is 4.57 Å². The standard InChI is InChI=1S/C19H19FN2O5S/c1-19(18(24)21-25,28(2,26)27)10-11-22-13-16(20)15(12-17(22)23)9-8-14-6-4-3-5-7-14/h3-7,12-13,25H,10-11H2,1-2H3,(H,21,24)/t19-/m1/s1. The number of rotatable bonds is 5. The molecule has 2 N–H and O–H groups in total. The molecule has 7 nitrogen and oxygen atoms in total. The average molecular weight is 406 g/mol. The van der Waals surface area contributed by atoms with Gasteiger partial charge in [-0.1, -0.05) is 30.0 Å². The Labute approximate surface area is 161 Å². The third kappa shape index (κ3) is 4.65. The second kappa shape index (κ2) is 8.37. The normalized spacial score (nSPS) is 13.1. The molecular weight excluding hydrogens is 387 g/mol. The van der Waals surface area contributed by atoms with Crippen LogP contribution in [0.1, 0.15) is 24.5 Å². The van der Waals surface area contributed by atoms with E-state index in [0.29, 0.717) is 5.56 Å². The Morgan fingerprint density at radius 3 is 2.50 bits per heavy atom. The van der Waals surface area contributed by atoms with Crippen molar-refractivity contribution in [3.05, 3.63) is 69.9 Å². The van der Waals surface area contributed by atoms with Crippen LogP contribution in [0.2, 0.25) is 0 Å². The number of nitrogens with one attached hydrogen (secondary N) is 1. The van der Waals surface area contributed by atoms with Crippen molar-refractivity contribution in [2.24, 2.45) is 0 Å². The fourth-order valence-corrected chi connectivity index (χ4v) is 3.24. The van der Waals surface area contributed by atoms with E-state index in [0.717, 1.165) is 30.0 Å². The molecule has 2 rings (SSSR count). The van der Waals surface area contributed by atoms with E-state index < -0.39 is 31.9 Å². The quantitative estimate of drug-likeness (QED) is 0.439. The number of aryl methyl sites for hydroxylation is 1. The van der Waals surface area contributed by atoms with Gasteiger partial charge in [0.05, 0.1) is 5.56 Å². The molecule has 0 saturated carbocycles. The first kappa shape index (κ1) is 21.3. The fraction of sp³-hybridized carbons (Fsp3) is 0.263. The summed E-state index contributed by atoms with van der Waals surface area (Å²) in [5, 5.41) is 8.81. The molecule has 0 aliphatic carbocycles. The lowest BCUT2D eigenvalue weighted by atomic mass is 10.1. The number of hydrogen-bond donors (Lipinski definition) is 2. The van der Waals surface area contributed by atoms with Crippen LogP contribution in [-0.4, -0.2) is 35.1 Å². The Morgan fingerprint density at radius 1 is 1.29 bits per heavy atom. The number of amides is 1. The van der Waals surface area contributed by atoms with Gasteiger partial charge in [0.15, 0.2) is 20.4 Å². The molecule has 0 aliphatic rings. The molecule has 0 aliphatic heterocycles. The van der Waals surface area contributed by atoms with Crippen molar-refractivity contribution in [2.75, 3.05) is 6.26 Å². The van der Waals surface area contributed by atoms with Crippen molar-refractivity contribution in [2.45, 2.75) is 24.6 Å². The highest BCUT2D eigenvalue weighted by Gasteiger charge is 2.43. The van der Waals surface area contributed by atoms with Crippen LogP contribution >= 0.6 is 0 Å². The van der Waals surface area contributed by atoms with Crippen molar-refractivity contribution >= 4 is 15.7 Å². The summed E-state index contributed by atoms with van der Waals surface area (Å²) in [6.45, 7) is 0.869. The second-order valence-corrected chi connectivity index (χ2v) is 8.82. The molecule has 1 aromatic carbocycles. The lowest BCUT2D eigenvalue weighted by Crippen LogP contribution is -2.50. The zero-order chi connectivity index (χ0) is 20.9. The topological polar surface area (TPSA) is 105 Å². The summed E-state index contributed by atoms with van der Waals surface area (Å²) in [5.41, 5.74) is 1.28. The number of hydrogen-bond acceptors (Lipinski definition) is 5. The number of pyridine rings is 1. The lowest BCUT2D eigenvalue weighted by molar-refractivity contribution is -0.131. The highest BCUT2D eigenvalue weighted by atomic mass is 32.2. The van der Waals surface area contributed by atoms with E-state index in [1.807, 2.05) is 6.07 Å². The van der Waals surface area contributed by atoms with E-state index in [1.165, 1.54) is 5.48 Å². The molecule has 1 amide bonds. The summed E-state index contributed by atoms with van der Waals surface area (Å²) < 4.78 is 37.2. The largest absolute Gasteiger partial charge is 0.312 e. The van der Waals surface area contributed by atoms with Gasteiger partial charge in [-0.3, -0.25) is 14.8 Å². The molecule has 28 heavy (non-hydrogen) atoms. The van der Waals surface area contributed by atoms with E-state index >= 15 is 0 Å². The molecule has 0 radical (unpaired) electrons. The molecule has 1 aromatic heterocycles. The predicted octanol–water partition coefficient (Wildman–Crippen LogP) is 1.09. The van der Waals surface area contributed by atoms with E-state index in [-0.39, 0.29) is 18.5 Å². The van der Waals surface area contributed by atoms with Crippen molar-refractivity contribution in [3.8, 4) is 11.8 Å². The lowest BCUT2D eigenvalue weighted by Gasteiger charge is -2.25. The average Bonchev–Trinajstić information content (AvgIpc) is 2.66. The first-order valence-corrected chi connectivity index (χ1v) is 10.1. The number of carbonyl (C=O) groups is 1. The number of hydroxylamine groups is 1. The Morgan fingerprint density at radius 2 is 1.93 bits per heavy atom. The van der Waals surface area contributed by atoms with Gasteiger partial charge in [-0.2, -0.15) is 0 Å². The maximum atomic E-state index is 14.3. The highest BCUT2D eigenvalue weighted by Crippen LogP contribution is 2.22. The van der Waals surface area contributed by atoms with Crippen LogP contribution in [0, 0.1) is 17.7 Å². The number of carbonyl (C=O) groups excluding carboxylic acids is 1. The molecule has 0 spiro atoms. The van der Waals surface area contributed by atoms with E-state index in [9.17, 15) is 22.4 Å². The maximum absolute atomic E-state index is 14.3. The molecule has 0 fully saturated rings. The molecule has 148 valence electrons. The molecule has 1 atom stereocenters. The summed E-state index contributed by atoms with van der Waals surface area (Å²) in [6, 6.07) is 9.86. The van der Waals surface area contributed by atoms with E-state index in [2.05, 4.69) is 11.8 Å². The van der Waals surface area contributed by atoms with Crippen molar-refractivity contribution < 1.29 is 22.8 Å². The van der Waals surface area contributed by atoms with Gasteiger partial charge in [-0.15, -0.1) is 0 Å². The summed E-state index contributed by atoms with van der Waals surface area (Å²) in [4.78, 5) is 24.0. The SMILES string of the molecule is C[C@@](CCn1cc(F)c(C#Cc2ccccc2)cc1=O)(C(=O)NO)S(C)(=O)=O. The van der Waals surface area contributed by atoms with E-state index in [1.54, 1.807) is 24.3 Å². The molecular formula is C19H19FN2O5S.